The molecule has 0 bridgehead atoms. The van der Waals surface area contributed by atoms with Crippen LogP contribution in [0.1, 0.15) is 37.0 Å². The Bertz CT molecular complexity index is 414. The van der Waals surface area contributed by atoms with E-state index in [9.17, 15) is 0 Å². The Labute approximate surface area is 123 Å². The Hall–Kier alpha value is -0.860. The molecule has 0 saturated heterocycles. The average Bonchev–Trinajstić information content (AvgIpc) is 2.89. The summed E-state index contributed by atoms with van der Waals surface area (Å²) in [7, 11) is 1.76. The van der Waals surface area contributed by atoms with Gasteiger partial charge in [-0.25, -0.2) is 0 Å². The monoisotopic (exact) mass is 275 g/mol. The van der Waals surface area contributed by atoms with Gasteiger partial charge in [-0.15, -0.1) is 0 Å². The Balaban J connectivity index is 1.90. The lowest BCUT2D eigenvalue weighted by Gasteiger charge is -2.22. The van der Waals surface area contributed by atoms with E-state index in [0.717, 1.165) is 19.7 Å². The van der Waals surface area contributed by atoms with E-state index in [2.05, 4.69) is 37.4 Å². The average molecular weight is 275 g/mol. The summed E-state index contributed by atoms with van der Waals surface area (Å²) in [5.74, 6) is 1.41. The molecule has 0 saturated carbocycles. The molecule has 2 heteroatoms. The highest BCUT2D eigenvalue weighted by Gasteiger charge is 2.16. The van der Waals surface area contributed by atoms with Crippen LogP contribution in [-0.4, -0.2) is 26.8 Å². The van der Waals surface area contributed by atoms with E-state index < -0.39 is 0 Å². The topological polar surface area (TPSA) is 21.3 Å². The van der Waals surface area contributed by atoms with Crippen LogP contribution in [0.3, 0.4) is 0 Å². The third kappa shape index (κ3) is 4.32. The minimum atomic E-state index is 0.700. The Morgan fingerprint density at radius 1 is 1.20 bits per heavy atom. The van der Waals surface area contributed by atoms with E-state index in [1.165, 1.54) is 31.2 Å². The van der Waals surface area contributed by atoms with Gasteiger partial charge in [0.25, 0.3) is 0 Å². The van der Waals surface area contributed by atoms with Crippen molar-refractivity contribution in [2.75, 3.05) is 26.8 Å². The van der Waals surface area contributed by atoms with Gasteiger partial charge >= 0.3 is 0 Å². The zero-order valence-corrected chi connectivity index (χ0v) is 13.2. The fourth-order valence-corrected chi connectivity index (χ4v) is 3.06. The van der Waals surface area contributed by atoms with Gasteiger partial charge in [0.15, 0.2) is 0 Å². The maximum absolute atomic E-state index is 5.09. The molecule has 0 radical (unpaired) electrons. The Morgan fingerprint density at radius 2 is 2.00 bits per heavy atom. The van der Waals surface area contributed by atoms with Crippen molar-refractivity contribution in [1.29, 1.82) is 0 Å². The number of hydrogen-bond donors (Lipinski definition) is 1. The largest absolute Gasteiger partial charge is 0.383 e. The van der Waals surface area contributed by atoms with Crippen molar-refractivity contribution in [2.45, 2.75) is 39.5 Å². The molecular formula is C18H29NO. The normalized spacial score (nSPS) is 15.6. The summed E-state index contributed by atoms with van der Waals surface area (Å²) in [5.41, 5.74) is 4.68. The van der Waals surface area contributed by atoms with E-state index in [0.29, 0.717) is 11.8 Å². The van der Waals surface area contributed by atoms with Crippen LogP contribution < -0.4 is 5.32 Å². The molecule has 1 atom stereocenters. The molecule has 0 aliphatic heterocycles. The molecule has 1 unspecified atom stereocenters. The van der Waals surface area contributed by atoms with Crippen LogP contribution >= 0.6 is 0 Å². The summed E-state index contributed by atoms with van der Waals surface area (Å²) in [6.07, 6.45) is 5.08. The molecule has 0 heterocycles. The number of fused-ring (bicyclic) bond motifs is 1. The zero-order valence-electron chi connectivity index (χ0n) is 13.2. The number of ether oxygens (including phenoxy) is 1. The van der Waals surface area contributed by atoms with Gasteiger partial charge in [0.2, 0.25) is 0 Å². The van der Waals surface area contributed by atoms with Crippen molar-refractivity contribution in [3.05, 3.63) is 34.9 Å². The molecule has 0 aromatic heterocycles. The van der Waals surface area contributed by atoms with Crippen LogP contribution in [0.2, 0.25) is 0 Å². The molecule has 1 aromatic carbocycles. The van der Waals surface area contributed by atoms with Gasteiger partial charge in [0, 0.05) is 13.7 Å². The standard InChI is InChI=1S/C18H29NO/c1-14(2)18(13-19-9-10-20-3)12-15-7-8-16-5-4-6-17(16)11-15/h7-8,11,14,18-19H,4-6,9-10,12-13H2,1-3H3. The van der Waals surface area contributed by atoms with Crippen molar-refractivity contribution in [2.24, 2.45) is 11.8 Å². The summed E-state index contributed by atoms with van der Waals surface area (Å²) >= 11 is 0. The second-order valence-electron chi connectivity index (χ2n) is 6.36. The van der Waals surface area contributed by atoms with Crippen LogP contribution in [0.15, 0.2) is 18.2 Å². The summed E-state index contributed by atoms with van der Waals surface area (Å²) in [4.78, 5) is 0. The first-order valence-electron chi connectivity index (χ1n) is 8.01. The van der Waals surface area contributed by atoms with E-state index in [-0.39, 0.29) is 0 Å². The molecule has 1 aliphatic carbocycles. The SMILES string of the molecule is COCCNCC(Cc1ccc2c(c1)CCC2)C(C)C. The van der Waals surface area contributed by atoms with Crippen LogP contribution in [-0.2, 0) is 24.0 Å². The predicted molar refractivity (Wildman–Crippen MR) is 85.2 cm³/mol. The Kier molecular flexibility index (Phi) is 6.06. The second kappa shape index (κ2) is 7.80. The number of rotatable bonds is 8. The maximum atomic E-state index is 5.09. The highest BCUT2D eigenvalue weighted by atomic mass is 16.5. The van der Waals surface area contributed by atoms with Gasteiger partial charge in [-0.2, -0.15) is 0 Å². The first-order chi connectivity index (χ1) is 9.70. The van der Waals surface area contributed by atoms with Crippen molar-refractivity contribution in [3.8, 4) is 0 Å². The lowest BCUT2D eigenvalue weighted by Crippen LogP contribution is -2.30. The highest BCUT2D eigenvalue weighted by Crippen LogP contribution is 2.25. The van der Waals surface area contributed by atoms with Crippen molar-refractivity contribution < 1.29 is 4.74 Å². The molecule has 0 fully saturated rings. The van der Waals surface area contributed by atoms with Crippen molar-refractivity contribution in [1.82, 2.24) is 5.32 Å². The summed E-state index contributed by atoms with van der Waals surface area (Å²) in [6, 6.07) is 7.15. The van der Waals surface area contributed by atoms with Crippen LogP contribution in [0.5, 0.6) is 0 Å². The molecule has 20 heavy (non-hydrogen) atoms. The fourth-order valence-electron chi connectivity index (χ4n) is 3.06. The lowest BCUT2D eigenvalue weighted by molar-refractivity contribution is 0.196. The van der Waals surface area contributed by atoms with E-state index in [1.807, 2.05) is 0 Å². The molecule has 112 valence electrons. The number of hydrogen-bond acceptors (Lipinski definition) is 2. The van der Waals surface area contributed by atoms with Crippen LogP contribution in [0.4, 0.5) is 0 Å². The minimum absolute atomic E-state index is 0.700. The van der Waals surface area contributed by atoms with E-state index in [1.54, 1.807) is 18.2 Å². The first-order valence-corrected chi connectivity index (χ1v) is 8.01. The van der Waals surface area contributed by atoms with Gasteiger partial charge in [0.05, 0.1) is 6.61 Å². The van der Waals surface area contributed by atoms with Gasteiger partial charge in [-0.3, -0.25) is 0 Å². The maximum Gasteiger partial charge on any atom is 0.0587 e. The third-order valence-electron chi connectivity index (χ3n) is 4.49. The molecule has 2 rings (SSSR count). The molecule has 1 aliphatic rings. The second-order valence-corrected chi connectivity index (χ2v) is 6.36. The molecule has 1 N–H and O–H groups in total. The van der Waals surface area contributed by atoms with E-state index in [4.69, 9.17) is 4.74 Å². The third-order valence-corrected chi connectivity index (χ3v) is 4.49. The van der Waals surface area contributed by atoms with Crippen molar-refractivity contribution >= 4 is 0 Å². The molecule has 0 spiro atoms. The molecular weight excluding hydrogens is 246 g/mol. The highest BCUT2D eigenvalue weighted by molar-refractivity contribution is 5.35. The fraction of sp³-hybridized carbons (Fsp3) is 0.667. The predicted octanol–water partition coefficient (Wildman–Crippen LogP) is 3.23. The summed E-state index contributed by atoms with van der Waals surface area (Å²) < 4.78 is 5.09. The lowest BCUT2D eigenvalue weighted by atomic mass is 9.88. The summed E-state index contributed by atoms with van der Waals surface area (Å²) in [6.45, 7) is 7.48. The van der Waals surface area contributed by atoms with Crippen molar-refractivity contribution in [3.63, 3.8) is 0 Å². The molecule has 0 amide bonds. The quantitative estimate of drug-likeness (QED) is 0.736. The number of benzene rings is 1. The first kappa shape index (κ1) is 15.5. The minimum Gasteiger partial charge on any atom is -0.383 e. The van der Waals surface area contributed by atoms with E-state index >= 15 is 0 Å². The molecule has 2 nitrogen and oxygen atoms in total. The van der Waals surface area contributed by atoms with Crippen LogP contribution in [0.25, 0.3) is 0 Å². The van der Waals surface area contributed by atoms with Gasteiger partial charge in [-0.05, 0) is 60.8 Å². The summed E-state index contributed by atoms with van der Waals surface area (Å²) in [5, 5.41) is 3.52. The number of aryl methyl sites for hydroxylation is 2. The zero-order chi connectivity index (χ0) is 14.4. The number of methoxy groups -OCH3 is 1. The van der Waals surface area contributed by atoms with Gasteiger partial charge in [0.1, 0.15) is 0 Å². The Morgan fingerprint density at radius 3 is 2.75 bits per heavy atom. The smallest absolute Gasteiger partial charge is 0.0587 e. The van der Waals surface area contributed by atoms with Gasteiger partial charge in [-0.1, -0.05) is 32.0 Å². The van der Waals surface area contributed by atoms with Crippen LogP contribution in [0, 0.1) is 11.8 Å². The molecule has 1 aromatic rings. The number of nitrogens with one attached hydrogen (secondary N) is 1. The van der Waals surface area contributed by atoms with Gasteiger partial charge < -0.3 is 10.1 Å².